The summed E-state index contributed by atoms with van der Waals surface area (Å²) in [5, 5.41) is 3.53. The molecule has 0 aliphatic rings. The number of anilines is 1. The minimum absolute atomic E-state index is 0.0324. The lowest BCUT2D eigenvalue weighted by Crippen LogP contribution is -2.17. The molecule has 0 aliphatic heterocycles. The number of hydrogen-bond donors (Lipinski definition) is 2. The van der Waals surface area contributed by atoms with E-state index < -0.39 is 5.91 Å². The summed E-state index contributed by atoms with van der Waals surface area (Å²) in [5.74, 6) is 0.167. The van der Waals surface area contributed by atoms with Crippen molar-refractivity contribution >= 4 is 46.5 Å². The Balaban J connectivity index is 1.81. The van der Waals surface area contributed by atoms with Crippen molar-refractivity contribution in [1.82, 2.24) is 4.98 Å². The van der Waals surface area contributed by atoms with Crippen LogP contribution in [-0.2, 0) is 6.42 Å². The average molecular weight is 441 g/mol. The minimum atomic E-state index is -0.419. The standard InChI is InChI=1S/C22H18Cl2N4O2/c1-26-21(25)14-4-2-13(3-5-14)19(29)10-15-6-7-16(23)11-18(15)22(30)28-20-9-8-17(24)12-27-20/h2-9,11-12H,10H2,1H3,(H2,25,26)(H,27,28,30). The molecule has 6 nitrogen and oxygen atoms in total. The zero-order valence-electron chi connectivity index (χ0n) is 16.0. The Morgan fingerprint density at radius 1 is 1.00 bits per heavy atom. The predicted molar refractivity (Wildman–Crippen MR) is 120 cm³/mol. The van der Waals surface area contributed by atoms with Crippen LogP contribution in [0.2, 0.25) is 10.0 Å². The summed E-state index contributed by atoms with van der Waals surface area (Å²) in [6, 6.07) is 14.9. The normalized spacial score (nSPS) is 11.2. The minimum Gasteiger partial charge on any atom is -0.384 e. The summed E-state index contributed by atoms with van der Waals surface area (Å²) in [6.45, 7) is 0. The summed E-state index contributed by atoms with van der Waals surface area (Å²) >= 11 is 11.9. The van der Waals surface area contributed by atoms with Crippen LogP contribution in [0.15, 0.2) is 65.8 Å². The molecule has 0 unspecified atom stereocenters. The average Bonchev–Trinajstić information content (AvgIpc) is 2.76. The molecule has 1 aromatic heterocycles. The number of ketones is 1. The molecule has 3 N–H and O–H groups in total. The van der Waals surface area contributed by atoms with Crippen molar-refractivity contribution in [3.05, 3.63) is 93.1 Å². The first-order chi connectivity index (χ1) is 14.4. The molecule has 0 radical (unpaired) electrons. The number of aromatic nitrogens is 1. The first-order valence-corrected chi connectivity index (χ1v) is 9.70. The van der Waals surface area contributed by atoms with Gasteiger partial charge in [0.2, 0.25) is 0 Å². The molecule has 0 fully saturated rings. The maximum absolute atomic E-state index is 12.8. The number of halogens is 2. The van der Waals surface area contributed by atoms with Gasteiger partial charge in [0, 0.05) is 41.4 Å². The number of benzene rings is 2. The highest BCUT2D eigenvalue weighted by Crippen LogP contribution is 2.20. The van der Waals surface area contributed by atoms with Crippen LogP contribution < -0.4 is 11.1 Å². The maximum Gasteiger partial charge on any atom is 0.257 e. The number of amides is 1. The van der Waals surface area contributed by atoms with Crippen LogP contribution >= 0.6 is 23.2 Å². The van der Waals surface area contributed by atoms with Crippen LogP contribution in [0.25, 0.3) is 0 Å². The molecular formula is C22H18Cl2N4O2. The van der Waals surface area contributed by atoms with E-state index in [4.69, 9.17) is 28.9 Å². The van der Waals surface area contributed by atoms with Gasteiger partial charge in [-0.3, -0.25) is 14.6 Å². The van der Waals surface area contributed by atoms with E-state index in [1.807, 2.05) is 0 Å². The van der Waals surface area contributed by atoms with Crippen LogP contribution in [0.5, 0.6) is 0 Å². The lowest BCUT2D eigenvalue weighted by atomic mass is 9.97. The zero-order valence-corrected chi connectivity index (χ0v) is 17.5. The second-order valence-corrected chi connectivity index (χ2v) is 7.28. The predicted octanol–water partition coefficient (Wildman–Crippen LogP) is 4.40. The summed E-state index contributed by atoms with van der Waals surface area (Å²) in [7, 11) is 1.60. The van der Waals surface area contributed by atoms with E-state index in [1.54, 1.807) is 55.6 Å². The molecule has 152 valence electrons. The van der Waals surface area contributed by atoms with Gasteiger partial charge in [0.25, 0.3) is 5.91 Å². The fraction of sp³-hybridized carbons (Fsp3) is 0.0909. The van der Waals surface area contributed by atoms with E-state index in [-0.39, 0.29) is 12.2 Å². The van der Waals surface area contributed by atoms with Gasteiger partial charge >= 0.3 is 0 Å². The smallest absolute Gasteiger partial charge is 0.257 e. The van der Waals surface area contributed by atoms with E-state index in [0.29, 0.717) is 38.4 Å². The Labute approximate surface area is 183 Å². The van der Waals surface area contributed by atoms with Gasteiger partial charge in [-0.1, -0.05) is 53.5 Å². The number of carbonyl (C=O) groups excluding carboxylic acids is 2. The van der Waals surface area contributed by atoms with Gasteiger partial charge in [-0.2, -0.15) is 0 Å². The van der Waals surface area contributed by atoms with Crippen LogP contribution in [0.4, 0.5) is 5.82 Å². The molecule has 3 aromatic rings. The summed E-state index contributed by atoms with van der Waals surface area (Å²) in [6.07, 6.45) is 1.46. The van der Waals surface area contributed by atoms with Crippen molar-refractivity contribution < 1.29 is 9.59 Å². The zero-order chi connectivity index (χ0) is 21.7. The third-order valence-corrected chi connectivity index (χ3v) is 4.84. The van der Waals surface area contributed by atoms with Crippen molar-refractivity contribution in [1.29, 1.82) is 0 Å². The van der Waals surface area contributed by atoms with Gasteiger partial charge in [0.1, 0.15) is 11.7 Å². The Kier molecular flexibility index (Phi) is 6.82. The molecule has 8 heteroatoms. The highest BCUT2D eigenvalue weighted by atomic mass is 35.5. The third kappa shape index (κ3) is 5.23. The van der Waals surface area contributed by atoms with Gasteiger partial charge in [0.05, 0.1) is 5.02 Å². The van der Waals surface area contributed by atoms with Gasteiger partial charge in [-0.05, 0) is 29.8 Å². The fourth-order valence-corrected chi connectivity index (χ4v) is 3.06. The van der Waals surface area contributed by atoms with Crippen LogP contribution in [-0.4, -0.2) is 29.6 Å². The Morgan fingerprint density at radius 2 is 1.67 bits per heavy atom. The molecule has 0 bridgehead atoms. The number of nitrogens with zero attached hydrogens (tertiary/aromatic N) is 2. The van der Waals surface area contributed by atoms with E-state index >= 15 is 0 Å². The van der Waals surface area contributed by atoms with Crippen molar-refractivity contribution in [2.24, 2.45) is 10.7 Å². The lowest BCUT2D eigenvalue weighted by Gasteiger charge is -2.11. The molecule has 1 amide bonds. The summed E-state index contributed by atoms with van der Waals surface area (Å²) in [5.41, 5.74) is 7.86. The number of nitrogens with one attached hydrogen (secondary N) is 1. The number of amidine groups is 1. The van der Waals surface area contributed by atoms with Gasteiger partial charge in [0.15, 0.2) is 5.78 Å². The molecule has 0 saturated carbocycles. The molecule has 3 rings (SSSR count). The van der Waals surface area contributed by atoms with E-state index in [9.17, 15) is 9.59 Å². The fourth-order valence-electron chi connectivity index (χ4n) is 2.78. The lowest BCUT2D eigenvalue weighted by molar-refractivity contribution is 0.0992. The molecule has 0 atom stereocenters. The van der Waals surface area contributed by atoms with Crippen LogP contribution in [0.1, 0.15) is 31.8 Å². The summed E-state index contributed by atoms with van der Waals surface area (Å²) in [4.78, 5) is 33.5. The third-order valence-electron chi connectivity index (χ3n) is 4.38. The number of nitrogens with two attached hydrogens (primary N) is 1. The molecule has 2 aromatic carbocycles. The summed E-state index contributed by atoms with van der Waals surface area (Å²) < 4.78 is 0. The molecule has 0 saturated heterocycles. The number of Topliss-reactive ketones (excluding diaryl/α,β-unsaturated/α-hetero) is 1. The van der Waals surface area contributed by atoms with Gasteiger partial charge in [-0.15, -0.1) is 0 Å². The van der Waals surface area contributed by atoms with Crippen LogP contribution in [0, 0.1) is 0 Å². The first kappa shape index (κ1) is 21.5. The van der Waals surface area contributed by atoms with Gasteiger partial charge in [-0.25, -0.2) is 4.98 Å². The second-order valence-electron chi connectivity index (χ2n) is 6.40. The molecule has 1 heterocycles. The largest absolute Gasteiger partial charge is 0.384 e. The van der Waals surface area contributed by atoms with Crippen molar-refractivity contribution in [3.63, 3.8) is 0 Å². The molecule has 30 heavy (non-hydrogen) atoms. The highest BCUT2D eigenvalue weighted by molar-refractivity contribution is 6.31. The van der Waals surface area contributed by atoms with E-state index in [2.05, 4.69) is 15.3 Å². The first-order valence-electron chi connectivity index (χ1n) is 8.94. The maximum atomic E-state index is 12.8. The number of carbonyl (C=O) groups is 2. The van der Waals surface area contributed by atoms with Crippen molar-refractivity contribution in [2.45, 2.75) is 6.42 Å². The quantitative estimate of drug-likeness (QED) is 0.337. The van der Waals surface area contributed by atoms with Crippen LogP contribution in [0.3, 0.4) is 0 Å². The second kappa shape index (κ2) is 9.52. The van der Waals surface area contributed by atoms with Gasteiger partial charge < -0.3 is 11.1 Å². The molecule has 0 spiro atoms. The Bertz CT molecular complexity index is 1110. The SMILES string of the molecule is CN=C(N)c1ccc(C(=O)Cc2ccc(Cl)cc2C(=O)Nc2ccc(Cl)cn2)cc1. The number of hydrogen-bond acceptors (Lipinski definition) is 4. The Morgan fingerprint density at radius 3 is 2.30 bits per heavy atom. The highest BCUT2D eigenvalue weighted by Gasteiger charge is 2.17. The molecular weight excluding hydrogens is 423 g/mol. The van der Waals surface area contributed by atoms with E-state index in [1.165, 1.54) is 12.3 Å². The number of pyridine rings is 1. The Hall–Kier alpha value is -3.22. The topological polar surface area (TPSA) is 97.4 Å². The van der Waals surface area contributed by atoms with E-state index in [0.717, 1.165) is 5.56 Å². The number of rotatable bonds is 6. The monoisotopic (exact) mass is 440 g/mol. The van der Waals surface area contributed by atoms with Crippen molar-refractivity contribution in [2.75, 3.05) is 12.4 Å². The molecule has 0 aliphatic carbocycles. The van der Waals surface area contributed by atoms with Crippen molar-refractivity contribution in [3.8, 4) is 0 Å². The number of aliphatic imine (C=N–C) groups is 1.